The number of benzene rings is 2. The molecule has 4 aromatic rings. The molecule has 0 fully saturated rings. The van der Waals surface area contributed by atoms with Crippen LogP contribution >= 0.6 is 0 Å². The maximum absolute atomic E-state index is 12.6. The Morgan fingerprint density at radius 3 is 2.58 bits per heavy atom. The third kappa shape index (κ3) is 4.50. The van der Waals surface area contributed by atoms with E-state index in [0.29, 0.717) is 22.5 Å². The smallest absolute Gasteiger partial charge is 0.259 e. The number of aromatic nitrogens is 3. The number of pyridine rings is 1. The van der Waals surface area contributed by atoms with E-state index < -0.39 is 0 Å². The predicted molar refractivity (Wildman–Crippen MR) is 123 cm³/mol. The summed E-state index contributed by atoms with van der Waals surface area (Å²) in [5, 5.41) is 0.581. The van der Waals surface area contributed by atoms with Crippen LogP contribution in [-0.2, 0) is 6.54 Å². The average Bonchev–Trinajstić information content (AvgIpc) is 2.79. The summed E-state index contributed by atoms with van der Waals surface area (Å²) in [7, 11) is 0. The molecule has 0 spiro atoms. The van der Waals surface area contributed by atoms with Crippen LogP contribution in [0.25, 0.3) is 22.3 Å². The van der Waals surface area contributed by atoms with Crippen LogP contribution in [0.3, 0.4) is 0 Å². The van der Waals surface area contributed by atoms with E-state index in [1.54, 1.807) is 6.07 Å². The fourth-order valence-electron chi connectivity index (χ4n) is 3.78. The van der Waals surface area contributed by atoms with E-state index in [0.717, 1.165) is 36.1 Å². The summed E-state index contributed by atoms with van der Waals surface area (Å²) >= 11 is 0. The number of aryl methyl sites for hydroxylation is 2. The fourth-order valence-corrected chi connectivity index (χ4v) is 3.78. The number of nitrogens with one attached hydrogen (secondary N) is 1. The number of hydrogen-bond donors (Lipinski definition) is 1. The van der Waals surface area contributed by atoms with Gasteiger partial charge in [0.15, 0.2) is 12.4 Å². The van der Waals surface area contributed by atoms with Gasteiger partial charge in [0.2, 0.25) is 0 Å². The molecule has 1 atom stereocenters. The van der Waals surface area contributed by atoms with Crippen LogP contribution in [-0.4, -0.2) is 9.97 Å². The number of rotatable bonds is 7. The third-order valence-electron chi connectivity index (χ3n) is 5.41. The van der Waals surface area contributed by atoms with Crippen LogP contribution in [0.2, 0.25) is 0 Å². The van der Waals surface area contributed by atoms with E-state index >= 15 is 0 Å². The van der Waals surface area contributed by atoms with Crippen LogP contribution in [0, 0.1) is 6.92 Å². The number of ether oxygens (including phenoxy) is 1. The second-order valence-corrected chi connectivity index (χ2v) is 7.82. The molecule has 0 aliphatic rings. The van der Waals surface area contributed by atoms with E-state index in [4.69, 9.17) is 9.72 Å². The summed E-state index contributed by atoms with van der Waals surface area (Å²) in [6.45, 7) is 7.30. The molecule has 5 heteroatoms. The molecule has 158 valence electrons. The second-order valence-electron chi connectivity index (χ2n) is 7.82. The topological polar surface area (TPSA) is 58.9 Å². The molecule has 1 N–H and O–H groups in total. The molecular weight excluding hydrogens is 386 g/mol. The molecule has 5 nitrogen and oxygen atoms in total. The van der Waals surface area contributed by atoms with Gasteiger partial charge in [0.05, 0.1) is 16.5 Å². The Hall–Kier alpha value is -3.47. The molecular formula is C26H28N3O2+. The summed E-state index contributed by atoms with van der Waals surface area (Å²) in [6.07, 6.45) is 6.03. The van der Waals surface area contributed by atoms with E-state index in [2.05, 4.69) is 47.9 Å². The Morgan fingerprint density at radius 1 is 1.06 bits per heavy atom. The first-order chi connectivity index (χ1) is 15.1. The van der Waals surface area contributed by atoms with E-state index in [1.807, 2.05) is 43.3 Å². The van der Waals surface area contributed by atoms with Gasteiger partial charge in [0, 0.05) is 24.1 Å². The first-order valence-electron chi connectivity index (χ1n) is 10.8. The van der Waals surface area contributed by atoms with Gasteiger partial charge in [-0.25, -0.2) is 9.55 Å². The molecule has 31 heavy (non-hydrogen) atoms. The number of para-hydroxylation sites is 1. The van der Waals surface area contributed by atoms with Crippen molar-refractivity contribution in [2.75, 3.05) is 0 Å². The number of nitrogens with zero attached hydrogens (tertiary/aromatic N) is 2. The van der Waals surface area contributed by atoms with Gasteiger partial charge < -0.3 is 9.72 Å². The number of aromatic amines is 1. The lowest BCUT2D eigenvalue weighted by molar-refractivity contribution is -0.697. The van der Waals surface area contributed by atoms with Crippen molar-refractivity contribution in [1.29, 1.82) is 0 Å². The molecule has 1 unspecified atom stereocenters. The third-order valence-corrected chi connectivity index (χ3v) is 5.41. The van der Waals surface area contributed by atoms with Crippen LogP contribution in [0.5, 0.6) is 5.75 Å². The van der Waals surface area contributed by atoms with Gasteiger partial charge in [-0.15, -0.1) is 0 Å². The van der Waals surface area contributed by atoms with Crippen molar-refractivity contribution in [3.8, 4) is 17.1 Å². The molecule has 2 aromatic heterocycles. The molecule has 0 bridgehead atoms. The summed E-state index contributed by atoms with van der Waals surface area (Å²) < 4.78 is 8.65. The molecule has 0 radical (unpaired) electrons. The van der Waals surface area contributed by atoms with E-state index in [1.165, 1.54) is 0 Å². The molecule has 0 amide bonds. The molecule has 0 aliphatic carbocycles. The minimum Gasteiger partial charge on any atom is -0.485 e. The Balaban J connectivity index is 1.72. The van der Waals surface area contributed by atoms with Crippen molar-refractivity contribution >= 4 is 10.9 Å². The van der Waals surface area contributed by atoms with Crippen LogP contribution < -0.4 is 14.9 Å². The number of fused-ring (bicyclic) bond motifs is 1. The van der Waals surface area contributed by atoms with Gasteiger partial charge in [-0.2, -0.15) is 0 Å². The zero-order valence-electron chi connectivity index (χ0n) is 18.3. The Bertz CT molecular complexity index is 1250. The van der Waals surface area contributed by atoms with Crippen LogP contribution in [0.4, 0.5) is 0 Å². The first kappa shape index (κ1) is 20.8. The van der Waals surface area contributed by atoms with Crippen molar-refractivity contribution in [2.45, 2.75) is 46.3 Å². The van der Waals surface area contributed by atoms with E-state index in [9.17, 15) is 4.79 Å². The SMILES string of the molecule is CCC[n+]1ccc(C(CC)Oc2ccc(C)cc2-c2nc3ccccc3c(=O)[nH]2)cc1. The lowest BCUT2D eigenvalue weighted by atomic mass is 10.1. The quantitative estimate of drug-likeness (QED) is 0.427. The largest absolute Gasteiger partial charge is 0.485 e. The molecule has 0 saturated heterocycles. The Labute approximate surface area is 182 Å². The molecule has 0 saturated carbocycles. The highest BCUT2D eigenvalue weighted by atomic mass is 16.5. The average molecular weight is 415 g/mol. The minimum atomic E-state index is -0.149. The van der Waals surface area contributed by atoms with E-state index in [-0.39, 0.29) is 11.7 Å². The minimum absolute atomic E-state index is 0.0927. The molecule has 0 aliphatic heterocycles. The molecule has 2 heterocycles. The fraction of sp³-hybridized carbons (Fsp3) is 0.269. The van der Waals surface area contributed by atoms with Gasteiger partial charge in [0.1, 0.15) is 24.2 Å². The molecule has 2 aromatic carbocycles. The summed E-state index contributed by atoms with van der Waals surface area (Å²) in [4.78, 5) is 20.3. The second kappa shape index (κ2) is 9.13. The normalized spacial score (nSPS) is 12.1. The van der Waals surface area contributed by atoms with Crippen molar-refractivity contribution in [3.05, 3.63) is 88.5 Å². The molecule has 4 rings (SSSR count). The monoisotopic (exact) mass is 414 g/mol. The maximum Gasteiger partial charge on any atom is 0.259 e. The van der Waals surface area contributed by atoms with Crippen molar-refractivity contribution in [3.63, 3.8) is 0 Å². The van der Waals surface area contributed by atoms with Crippen LogP contribution in [0.15, 0.2) is 71.8 Å². The number of H-pyrrole nitrogens is 1. The van der Waals surface area contributed by atoms with Gasteiger partial charge >= 0.3 is 0 Å². The summed E-state index contributed by atoms with van der Waals surface area (Å²) in [5.41, 5.74) is 3.51. The zero-order valence-corrected chi connectivity index (χ0v) is 18.3. The van der Waals surface area contributed by atoms with Gasteiger partial charge in [-0.1, -0.05) is 37.6 Å². The lowest BCUT2D eigenvalue weighted by Crippen LogP contribution is -2.32. The Kier molecular flexibility index (Phi) is 6.12. The highest BCUT2D eigenvalue weighted by Crippen LogP contribution is 2.33. The highest BCUT2D eigenvalue weighted by Gasteiger charge is 2.17. The van der Waals surface area contributed by atoms with Crippen molar-refractivity contribution in [2.24, 2.45) is 0 Å². The van der Waals surface area contributed by atoms with Crippen molar-refractivity contribution in [1.82, 2.24) is 9.97 Å². The summed E-state index contributed by atoms with van der Waals surface area (Å²) in [6, 6.07) is 17.6. The maximum atomic E-state index is 12.6. The summed E-state index contributed by atoms with van der Waals surface area (Å²) in [5.74, 6) is 1.23. The van der Waals surface area contributed by atoms with Gasteiger partial charge in [-0.05, 0) is 37.6 Å². The lowest BCUT2D eigenvalue weighted by Gasteiger charge is -2.20. The van der Waals surface area contributed by atoms with Crippen LogP contribution in [0.1, 0.15) is 43.9 Å². The first-order valence-corrected chi connectivity index (χ1v) is 10.8. The predicted octanol–water partition coefficient (Wildman–Crippen LogP) is 5.13. The van der Waals surface area contributed by atoms with Crippen molar-refractivity contribution < 1.29 is 9.30 Å². The zero-order chi connectivity index (χ0) is 21.8. The number of hydrogen-bond acceptors (Lipinski definition) is 3. The Morgan fingerprint density at radius 2 is 1.84 bits per heavy atom. The highest BCUT2D eigenvalue weighted by molar-refractivity contribution is 5.80. The van der Waals surface area contributed by atoms with Gasteiger partial charge in [0.25, 0.3) is 5.56 Å². The standard InChI is InChI=1S/C26H27N3O2/c1-4-14-29-15-12-19(13-16-29)23(5-2)31-24-11-10-18(3)17-21(24)25-27-22-9-7-6-8-20(22)26(30)28-25/h6-13,15-17,23H,4-5,14H2,1-3H3/p+1. The van der Waals surface area contributed by atoms with Gasteiger partial charge in [-0.3, -0.25) is 4.79 Å².